The third-order valence-corrected chi connectivity index (χ3v) is 2.85. The van der Waals surface area contributed by atoms with E-state index in [1.165, 1.54) is 31.4 Å². The molecule has 0 aromatic heterocycles. The number of methoxy groups -OCH3 is 1. The molecule has 0 heterocycles. The standard InChI is InChI=1S/C14H20FN3O3.ClH/c1-21-12(9-16)8-13(19)17-6-7-18-14(20)10-2-4-11(15)5-3-10;/h2-5,12H,6-9,16H2,1H3,(H,17,19)(H,18,20);1H. The highest BCUT2D eigenvalue weighted by Gasteiger charge is 2.11. The summed E-state index contributed by atoms with van der Waals surface area (Å²) in [6.07, 6.45) is -0.127. The summed E-state index contributed by atoms with van der Waals surface area (Å²) >= 11 is 0. The second-order valence-corrected chi connectivity index (χ2v) is 4.41. The van der Waals surface area contributed by atoms with Gasteiger partial charge in [-0.3, -0.25) is 9.59 Å². The van der Waals surface area contributed by atoms with Gasteiger partial charge in [-0.2, -0.15) is 0 Å². The third kappa shape index (κ3) is 7.35. The lowest BCUT2D eigenvalue weighted by Crippen LogP contribution is -2.37. The van der Waals surface area contributed by atoms with Gasteiger partial charge in [0.2, 0.25) is 5.91 Å². The fraction of sp³-hybridized carbons (Fsp3) is 0.429. The summed E-state index contributed by atoms with van der Waals surface area (Å²) in [7, 11) is 1.49. The van der Waals surface area contributed by atoms with Gasteiger partial charge in [-0.05, 0) is 24.3 Å². The fourth-order valence-corrected chi connectivity index (χ4v) is 1.62. The van der Waals surface area contributed by atoms with Crippen LogP contribution in [0.5, 0.6) is 0 Å². The van der Waals surface area contributed by atoms with E-state index in [4.69, 9.17) is 10.5 Å². The van der Waals surface area contributed by atoms with Gasteiger partial charge in [-0.15, -0.1) is 12.4 Å². The molecule has 1 rings (SSSR count). The summed E-state index contributed by atoms with van der Waals surface area (Å²) in [6.45, 7) is 0.847. The number of benzene rings is 1. The second kappa shape index (κ2) is 10.9. The SMILES string of the molecule is COC(CN)CC(=O)NCCNC(=O)c1ccc(F)cc1.Cl. The van der Waals surface area contributed by atoms with E-state index in [1.807, 2.05) is 0 Å². The van der Waals surface area contributed by atoms with Crippen LogP contribution in [0.15, 0.2) is 24.3 Å². The zero-order valence-corrected chi connectivity index (χ0v) is 13.1. The Morgan fingerprint density at radius 2 is 1.82 bits per heavy atom. The molecular weight excluding hydrogens is 313 g/mol. The lowest BCUT2D eigenvalue weighted by molar-refractivity contribution is -0.123. The van der Waals surface area contributed by atoms with Gasteiger partial charge in [0.25, 0.3) is 5.91 Å². The van der Waals surface area contributed by atoms with Crippen molar-refractivity contribution in [3.8, 4) is 0 Å². The maximum Gasteiger partial charge on any atom is 0.251 e. The summed E-state index contributed by atoms with van der Waals surface area (Å²) in [6, 6.07) is 5.23. The van der Waals surface area contributed by atoms with Crippen LogP contribution in [0.25, 0.3) is 0 Å². The number of nitrogens with one attached hydrogen (secondary N) is 2. The molecule has 0 saturated carbocycles. The van der Waals surface area contributed by atoms with E-state index in [2.05, 4.69) is 10.6 Å². The Morgan fingerprint density at radius 1 is 1.23 bits per heavy atom. The van der Waals surface area contributed by atoms with Crippen molar-refractivity contribution in [2.24, 2.45) is 5.73 Å². The van der Waals surface area contributed by atoms with Gasteiger partial charge < -0.3 is 21.1 Å². The summed E-state index contributed by atoms with van der Waals surface area (Å²) in [5.74, 6) is -0.907. The van der Waals surface area contributed by atoms with Crippen molar-refractivity contribution >= 4 is 24.2 Å². The highest BCUT2D eigenvalue weighted by Crippen LogP contribution is 2.02. The number of hydrogen-bond donors (Lipinski definition) is 3. The summed E-state index contributed by atoms with van der Waals surface area (Å²) < 4.78 is 17.7. The van der Waals surface area contributed by atoms with Gasteiger partial charge in [-0.1, -0.05) is 0 Å². The number of carbonyl (C=O) groups excluding carboxylic acids is 2. The molecule has 0 spiro atoms. The van der Waals surface area contributed by atoms with Crippen LogP contribution in [-0.4, -0.2) is 44.7 Å². The monoisotopic (exact) mass is 333 g/mol. The molecule has 0 fully saturated rings. The van der Waals surface area contributed by atoms with E-state index < -0.39 is 5.82 Å². The van der Waals surface area contributed by atoms with Gasteiger partial charge >= 0.3 is 0 Å². The van der Waals surface area contributed by atoms with Crippen molar-refractivity contribution in [1.29, 1.82) is 0 Å². The molecule has 2 amide bonds. The lowest BCUT2D eigenvalue weighted by Gasteiger charge is -2.12. The first-order chi connectivity index (χ1) is 10.1. The smallest absolute Gasteiger partial charge is 0.251 e. The van der Waals surface area contributed by atoms with Crippen LogP contribution in [0.2, 0.25) is 0 Å². The number of carbonyl (C=O) groups is 2. The Labute approximate surface area is 135 Å². The van der Waals surface area contributed by atoms with Crippen LogP contribution in [0.4, 0.5) is 4.39 Å². The molecule has 1 aromatic carbocycles. The van der Waals surface area contributed by atoms with Crippen LogP contribution < -0.4 is 16.4 Å². The maximum absolute atomic E-state index is 12.7. The fourth-order valence-electron chi connectivity index (χ4n) is 1.62. The summed E-state index contributed by atoms with van der Waals surface area (Å²) in [4.78, 5) is 23.2. The van der Waals surface area contributed by atoms with Crippen LogP contribution in [0.1, 0.15) is 16.8 Å². The summed E-state index contributed by atoms with van der Waals surface area (Å²) in [5, 5.41) is 5.27. The van der Waals surface area contributed by atoms with Gasteiger partial charge in [0.05, 0.1) is 12.5 Å². The van der Waals surface area contributed by atoms with Crippen molar-refractivity contribution in [2.75, 3.05) is 26.7 Å². The van der Waals surface area contributed by atoms with E-state index >= 15 is 0 Å². The molecule has 8 heteroatoms. The topological polar surface area (TPSA) is 93.4 Å². The zero-order valence-electron chi connectivity index (χ0n) is 12.3. The van der Waals surface area contributed by atoms with Crippen molar-refractivity contribution in [1.82, 2.24) is 10.6 Å². The Hall–Kier alpha value is -1.70. The first-order valence-electron chi connectivity index (χ1n) is 6.60. The molecule has 1 aromatic rings. The normalized spacial score (nSPS) is 11.2. The minimum atomic E-state index is -0.397. The summed E-state index contributed by atoms with van der Waals surface area (Å²) in [5.41, 5.74) is 5.78. The van der Waals surface area contributed by atoms with Crippen molar-refractivity contribution in [3.63, 3.8) is 0 Å². The molecule has 22 heavy (non-hydrogen) atoms. The number of rotatable bonds is 8. The van der Waals surface area contributed by atoms with Crippen LogP contribution >= 0.6 is 12.4 Å². The molecule has 1 unspecified atom stereocenters. The largest absolute Gasteiger partial charge is 0.380 e. The molecule has 4 N–H and O–H groups in total. The molecule has 6 nitrogen and oxygen atoms in total. The minimum absolute atomic E-state index is 0. The van der Waals surface area contributed by atoms with E-state index in [-0.39, 0.29) is 49.8 Å². The Bertz CT molecular complexity index is 467. The van der Waals surface area contributed by atoms with Crippen molar-refractivity contribution in [2.45, 2.75) is 12.5 Å². The Morgan fingerprint density at radius 3 is 2.36 bits per heavy atom. The highest BCUT2D eigenvalue weighted by atomic mass is 35.5. The maximum atomic E-state index is 12.7. The second-order valence-electron chi connectivity index (χ2n) is 4.41. The third-order valence-electron chi connectivity index (χ3n) is 2.85. The first kappa shape index (κ1) is 20.3. The van der Waals surface area contributed by atoms with E-state index in [1.54, 1.807) is 0 Å². The Kier molecular flexibility index (Phi) is 10.1. The molecule has 0 bridgehead atoms. The van der Waals surface area contributed by atoms with E-state index in [9.17, 15) is 14.0 Å². The number of ether oxygens (including phenoxy) is 1. The number of amides is 2. The number of halogens is 2. The predicted molar refractivity (Wildman–Crippen MR) is 83.5 cm³/mol. The average molecular weight is 334 g/mol. The van der Waals surface area contributed by atoms with Crippen LogP contribution in [0.3, 0.4) is 0 Å². The predicted octanol–water partition coefficient (Wildman–Crippen LogP) is 0.457. The number of hydrogen-bond acceptors (Lipinski definition) is 4. The van der Waals surface area contributed by atoms with Gasteiger partial charge in [-0.25, -0.2) is 4.39 Å². The van der Waals surface area contributed by atoms with Crippen LogP contribution in [0, 0.1) is 5.82 Å². The zero-order chi connectivity index (χ0) is 15.7. The quantitative estimate of drug-likeness (QED) is 0.602. The molecule has 0 aliphatic heterocycles. The molecule has 0 saturated heterocycles. The van der Waals surface area contributed by atoms with Crippen LogP contribution in [-0.2, 0) is 9.53 Å². The Balaban J connectivity index is 0.00000441. The van der Waals surface area contributed by atoms with Gasteiger partial charge in [0, 0.05) is 32.3 Å². The molecule has 1 atom stereocenters. The highest BCUT2D eigenvalue weighted by molar-refractivity contribution is 5.94. The van der Waals surface area contributed by atoms with Crippen molar-refractivity contribution in [3.05, 3.63) is 35.6 Å². The van der Waals surface area contributed by atoms with Gasteiger partial charge in [0.1, 0.15) is 5.82 Å². The molecular formula is C14H21ClFN3O3. The first-order valence-corrected chi connectivity index (χ1v) is 6.60. The van der Waals surface area contributed by atoms with Gasteiger partial charge in [0.15, 0.2) is 0 Å². The molecule has 124 valence electrons. The molecule has 0 radical (unpaired) electrons. The molecule has 0 aliphatic carbocycles. The number of nitrogens with two attached hydrogens (primary N) is 1. The van der Waals surface area contributed by atoms with Crippen molar-refractivity contribution < 1.29 is 18.7 Å². The van der Waals surface area contributed by atoms with E-state index in [0.717, 1.165) is 0 Å². The lowest BCUT2D eigenvalue weighted by atomic mass is 10.2. The molecule has 0 aliphatic rings. The minimum Gasteiger partial charge on any atom is -0.380 e. The van der Waals surface area contributed by atoms with E-state index in [0.29, 0.717) is 12.1 Å². The average Bonchev–Trinajstić information content (AvgIpc) is 2.49.